The lowest BCUT2D eigenvalue weighted by atomic mass is 9.86. The molecule has 0 aliphatic carbocycles. The molecule has 0 saturated carbocycles. The van der Waals surface area contributed by atoms with Crippen LogP contribution in [0.2, 0.25) is 5.02 Å². The fourth-order valence-electron chi connectivity index (χ4n) is 2.06. The molecule has 1 heterocycles. The Kier molecular flexibility index (Phi) is 4.04. The van der Waals surface area contributed by atoms with Gasteiger partial charge in [0.05, 0.1) is 5.57 Å². The predicted molar refractivity (Wildman–Crippen MR) is 77.8 cm³/mol. The van der Waals surface area contributed by atoms with Gasteiger partial charge in [-0.25, -0.2) is 4.79 Å². The van der Waals surface area contributed by atoms with Crippen LogP contribution in [0.1, 0.15) is 19.4 Å². The zero-order valence-corrected chi connectivity index (χ0v) is 13.2. The Morgan fingerprint density at radius 3 is 2.68 bits per heavy atom. The van der Waals surface area contributed by atoms with Crippen LogP contribution in [0.5, 0.6) is 0 Å². The van der Waals surface area contributed by atoms with Crippen LogP contribution >= 0.6 is 27.5 Å². The molecular weight excluding hydrogens is 332 g/mol. The lowest BCUT2D eigenvalue weighted by molar-refractivity contribution is -0.188. The zero-order valence-electron chi connectivity index (χ0n) is 10.9. The second kappa shape index (κ2) is 5.27. The molecule has 1 aliphatic heterocycles. The quantitative estimate of drug-likeness (QED) is 0.759. The smallest absolute Gasteiger partial charge is 0.340 e. The minimum atomic E-state index is -0.585. The van der Waals surface area contributed by atoms with Crippen molar-refractivity contribution in [1.82, 2.24) is 0 Å². The molecule has 0 bridgehead atoms. The Bertz CT molecular complexity index is 552. The molecule has 0 N–H and O–H groups in total. The van der Waals surface area contributed by atoms with Crippen molar-refractivity contribution >= 4 is 39.1 Å². The number of esters is 1. The Hall–Kier alpha value is -0.840. The van der Waals surface area contributed by atoms with Crippen molar-refractivity contribution in [2.24, 2.45) is 5.41 Å². The molecule has 5 heteroatoms. The van der Waals surface area contributed by atoms with Gasteiger partial charge in [0.25, 0.3) is 0 Å². The average molecular weight is 346 g/mol. The van der Waals surface area contributed by atoms with Crippen LogP contribution in [0.25, 0.3) is 5.57 Å². The van der Waals surface area contributed by atoms with E-state index in [2.05, 4.69) is 15.9 Å². The van der Waals surface area contributed by atoms with Gasteiger partial charge >= 0.3 is 5.97 Å². The third-order valence-corrected chi connectivity index (χ3v) is 3.80. The molecule has 0 amide bonds. The monoisotopic (exact) mass is 344 g/mol. The number of halogens is 2. The third kappa shape index (κ3) is 2.86. The molecular formula is C14H14BrClO3. The van der Waals surface area contributed by atoms with E-state index >= 15 is 0 Å². The van der Waals surface area contributed by atoms with Crippen LogP contribution in [-0.2, 0) is 14.3 Å². The summed E-state index contributed by atoms with van der Waals surface area (Å²) in [5.41, 5.74) is 0.724. The molecule has 0 fully saturated rings. The summed E-state index contributed by atoms with van der Waals surface area (Å²) in [6, 6.07) is 5.38. The molecule has 102 valence electrons. The maximum Gasteiger partial charge on any atom is 0.340 e. The van der Waals surface area contributed by atoms with E-state index in [4.69, 9.17) is 21.1 Å². The molecule has 2 rings (SSSR count). The van der Waals surface area contributed by atoms with Gasteiger partial charge in [0.15, 0.2) is 0 Å². The van der Waals surface area contributed by atoms with Gasteiger partial charge in [0.1, 0.15) is 0 Å². The van der Waals surface area contributed by atoms with Crippen LogP contribution in [-0.4, -0.2) is 19.4 Å². The number of methoxy groups -OCH3 is 1. The van der Waals surface area contributed by atoms with Crippen LogP contribution in [0.3, 0.4) is 0 Å². The van der Waals surface area contributed by atoms with E-state index in [9.17, 15) is 4.79 Å². The molecule has 0 saturated heterocycles. The number of hydrogen-bond donors (Lipinski definition) is 0. The summed E-state index contributed by atoms with van der Waals surface area (Å²) in [7, 11) is 1.52. The van der Waals surface area contributed by atoms with Gasteiger partial charge in [0.2, 0.25) is 6.29 Å². The predicted octanol–water partition coefficient (Wildman–Crippen LogP) is 4.04. The van der Waals surface area contributed by atoms with Crippen LogP contribution in [0.4, 0.5) is 0 Å². The fraction of sp³-hybridized carbons (Fsp3) is 0.357. The SMILES string of the molecule is COC1OC(=O)C(c2ccc(Br)cc2Cl)=CC1(C)C. The molecule has 1 unspecified atom stereocenters. The largest absolute Gasteiger partial charge is 0.431 e. The van der Waals surface area contributed by atoms with Crippen molar-refractivity contribution < 1.29 is 14.3 Å². The number of carbonyl (C=O) groups excluding carboxylic acids is 1. The van der Waals surface area contributed by atoms with E-state index in [1.165, 1.54) is 7.11 Å². The highest BCUT2D eigenvalue weighted by Crippen LogP contribution is 2.38. The Balaban J connectivity index is 2.49. The van der Waals surface area contributed by atoms with E-state index in [0.29, 0.717) is 16.2 Å². The summed E-state index contributed by atoms with van der Waals surface area (Å²) in [5, 5.41) is 0.504. The molecule has 1 atom stereocenters. The number of benzene rings is 1. The standard InChI is InChI=1S/C14H14BrClO3/c1-14(2)7-10(12(17)19-13(14)18-3)9-5-4-8(15)6-11(9)16/h4-7,13H,1-3H3. The highest BCUT2D eigenvalue weighted by molar-refractivity contribution is 9.10. The van der Waals surface area contributed by atoms with E-state index < -0.39 is 17.7 Å². The molecule has 0 aromatic heterocycles. The summed E-state index contributed by atoms with van der Waals surface area (Å²) < 4.78 is 11.3. The molecule has 0 radical (unpaired) electrons. The summed E-state index contributed by atoms with van der Waals surface area (Å²) in [6.45, 7) is 3.89. The van der Waals surface area contributed by atoms with Crippen molar-refractivity contribution in [2.75, 3.05) is 7.11 Å². The van der Waals surface area contributed by atoms with Gasteiger partial charge in [-0.2, -0.15) is 0 Å². The summed E-state index contributed by atoms with van der Waals surface area (Å²) in [6.07, 6.45) is 1.26. The molecule has 19 heavy (non-hydrogen) atoms. The maximum absolute atomic E-state index is 12.0. The van der Waals surface area contributed by atoms with Crippen molar-refractivity contribution in [2.45, 2.75) is 20.1 Å². The van der Waals surface area contributed by atoms with E-state index in [1.54, 1.807) is 12.1 Å². The van der Waals surface area contributed by atoms with Gasteiger partial charge in [-0.1, -0.05) is 53.5 Å². The van der Waals surface area contributed by atoms with Gasteiger partial charge in [0, 0.05) is 27.6 Å². The molecule has 3 nitrogen and oxygen atoms in total. The summed E-state index contributed by atoms with van der Waals surface area (Å²) >= 11 is 9.52. The Morgan fingerprint density at radius 1 is 1.42 bits per heavy atom. The Morgan fingerprint density at radius 2 is 2.11 bits per heavy atom. The van der Waals surface area contributed by atoms with E-state index in [1.807, 2.05) is 26.0 Å². The minimum Gasteiger partial charge on any atom is -0.431 e. The molecule has 1 aromatic carbocycles. The number of ether oxygens (including phenoxy) is 2. The van der Waals surface area contributed by atoms with Crippen molar-refractivity contribution in [3.8, 4) is 0 Å². The number of rotatable bonds is 2. The van der Waals surface area contributed by atoms with E-state index in [-0.39, 0.29) is 0 Å². The van der Waals surface area contributed by atoms with Gasteiger partial charge in [-0.05, 0) is 12.1 Å². The fourth-order valence-corrected chi connectivity index (χ4v) is 2.83. The summed E-state index contributed by atoms with van der Waals surface area (Å²) in [5.74, 6) is -0.421. The minimum absolute atomic E-state index is 0.408. The first kappa shape index (κ1) is 14.6. The average Bonchev–Trinajstić information content (AvgIpc) is 2.32. The summed E-state index contributed by atoms with van der Waals surface area (Å²) in [4.78, 5) is 12.0. The lowest BCUT2D eigenvalue weighted by Gasteiger charge is -2.34. The normalized spacial score (nSPS) is 21.8. The van der Waals surface area contributed by atoms with Crippen molar-refractivity contribution in [3.63, 3.8) is 0 Å². The van der Waals surface area contributed by atoms with Crippen molar-refractivity contribution in [1.29, 1.82) is 0 Å². The Labute approximate surface area is 125 Å². The molecule has 1 aliphatic rings. The number of cyclic esters (lactones) is 1. The number of hydrogen-bond acceptors (Lipinski definition) is 3. The van der Waals surface area contributed by atoms with Crippen LogP contribution in [0, 0.1) is 5.41 Å². The highest BCUT2D eigenvalue weighted by Gasteiger charge is 2.38. The third-order valence-electron chi connectivity index (χ3n) is 2.99. The molecule has 1 aromatic rings. The van der Waals surface area contributed by atoms with E-state index in [0.717, 1.165) is 4.47 Å². The first-order valence-electron chi connectivity index (χ1n) is 5.77. The highest BCUT2D eigenvalue weighted by atomic mass is 79.9. The first-order chi connectivity index (χ1) is 8.85. The second-order valence-corrected chi connectivity index (χ2v) is 6.30. The van der Waals surface area contributed by atoms with Gasteiger partial charge in [-0.15, -0.1) is 0 Å². The lowest BCUT2D eigenvalue weighted by Crippen LogP contribution is -2.38. The number of carbonyl (C=O) groups is 1. The zero-order chi connectivity index (χ0) is 14.2. The topological polar surface area (TPSA) is 35.5 Å². The maximum atomic E-state index is 12.0. The van der Waals surface area contributed by atoms with Crippen molar-refractivity contribution in [3.05, 3.63) is 39.3 Å². The van der Waals surface area contributed by atoms with Crippen LogP contribution in [0.15, 0.2) is 28.7 Å². The second-order valence-electron chi connectivity index (χ2n) is 4.98. The molecule has 0 spiro atoms. The van der Waals surface area contributed by atoms with Gasteiger partial charge in [-0.3, -0.25) is 0 Å². The first-order valence-corrected chi connectivity index (χ1v) is 6.94. The van der Waals surface area contributed by atoms with Gasteiger partial charge < -0.3 is 9.47 Å². The van der Waals surface area contributed by atoms with Crippen LogP contribution < -0.4 is 0 Å².